The van der Waals surface area contributed by atoms with E-state index in [1.807, 2.05) is 72.8 Å². The number of aromatic nitrogens is 3. The summed E-state index contributed by atoms with van der Waals surface area (Å²) in [6, 6.07) is 57.3. The molecule has 2 aromatic heterocycles. The van der Waals surface area contributed by atoms with Crippen molar-refractivity contribution in [2.75, 3.05) is 0 Å². The average molecular weight is 668 g/mol. The Morgan fingerprint density at radius 3 is 1.62 bits per heavy atom. The van der Waals surface area contributed by atoms with Gasteiger partial charge in [-0.2, -0.15) is 0 Å². The largest absolute Gasteiger partial charge is 0.456 e. The van der Waals surface area contributed by atoms with Gasteiger partial charge < -0.3 is 4.42 Å². The van der Waals surface area contributed by atoms with Crippen LogP contribution in [0.1, 0.15) is 25.0 Å². The molecule has 0 saturated heterocycles. The van der Waals surface area contributed by atoms with E-state index in [4.69, 9.17) is 19.4 Å². The van der Waals surface area contributed by atoms with E-state index >= 15 is 0 Å². The van der Waals surface area contributed by atoms with Crippen LogP contribution in [0.3, 0.4) is 0 Å². The van der Waals surface area contributed by atoms with E-state index in [0.717, 1.165) is 44.2 Å². The van der Waals surface area contributed by atoms with E-state index in [9.17, 15) is 0 Å². The van der Waals surface area contributed by atoms with Crippen LogP contribution in [0.15, 0.2) is 168 Å². The van der Waals surface area contributed by atoms with Crippen LogP contribution in [-0.4, -0.2) is 15.0 Å². The molecule has 4 heteroatoms. The first-order valence-corrected chi connectivity index (χ1v) is 17.7. The minimum Gasteiger partial charge on any atom is -0.456 e. The fourth-order valence-corrected chi connectivity index (χ4v) is 7.98. The van der Waals surface area contributed by atoms with Gasteiger partial charge in [-0.1, -0.05) is 153 Å². The van der Waals surface area contributed by atoms with Gasteiger partial charge in [-0.05, 0) is 68.8 Å². The second-order valence-electron chi connectivity index (χ2n) is 14.0. The lowest BCUT2D eigenvalue weighted by Crippen LogP contribution is -2.14. The van der Waals surface area contributed by atoms with Crippen molar-refractivity contribution >= 4 is 21.9 Å². The van der Waals surface area contributed by atoms with Crippen molar-refractivity contribution in [1.29, 1.82) is 0 Å². The number of rotatable bonds is 5. The third kappa shape index (κ3) is 4.79. The fraction of sp³-hybridized carbons (Fsp3) is 0.0625. The Hall–Kier alpha value is -6.65. The number of benzene rings is 7. The van der Waals surface area contributed by atoms with Crippen LogP contribution in [0.25, 0.3) is 89.5 Å². The monoisotopic (exact) mass is 667 g/mol. The molecule has 9 aromatic rings. The minimum atomic E-state index is -0.0304. The second-order valence-corrected chi connectivity index (χ2v) is 14.0. The molecule has 0 aliphatic heterocycles. The van der Waals surface area contributed by atoms with Gasteiger partial charge in [0.25, 0.3) is 0 Å². The van der Waals surface area contributed by atoms with Crippen LogP contribution in [0, 0.1) is 0 Å². The summed E-state index contributed by atoms with van der Waals surface area (Å²) in [5.74, 6) is 1.86. The number of hydrogen-bond acceptors (Lipinski definition) is 4. The lowest BCUT2D eigenvalue weighted by molar-refractivity contribution is 0.660. The van der Waals surface area contributed by atoms with Gasteiger partial charge in [-0.15, -0.1) is 0 Å². The van der Waals surface area contributed by atoms with Crippen molar-refractivity contribution in [3.63, 3.8) is 0 Å². The van der Waals surface area contributed by atoms with Crippen LogP contribution in [0.5, 0.6) is 0 Å². The zero-order valence-corrected chi connectivity index (χ0v) is 28.8. The summed E-state index contributed by atoms with van der Waals surface area (Å²) < 4.78 is 6.48. The molecule has 1 aliphatic rings. The quantitative estimate of drug-likeness (QED) is 0.183. The normalized spacial score (nSPS) is 13.0. The Morgan fingerprint density at radius 2 is 0.923 bits per heavy atom. The van der Waals surface area contributed by atoms with E-state index in [0.29, 0.717) is 17.5 Å². The van der Waals surface area contributed by atoms with Gasteiger partial charge >= 0.3 is 0 Å². The highest BCUT2D eigenvalue weighted by Crippen LogP contribution is 2.50. The van der Waals surface area contributed by atoms with Gasteiger partial charge in [0.15, 0.2) is 17.5 Å². The Labute approximate surface area is 302 Å². The summed E-state index contributed by atoms with van der Waals surface area (Å²) in [5, 5.41) is 2.00. The third-order valence-electron chi connectivity index (χ3n) is 10.6. The van der Waals surface area contributed by atoms with Crippen molar-refractivity contribution in [3.8, 4) is 67.5 Å². The Kier molecular flexibility index (Phi) is 6.80. The molecule has 10 rings (SSSR count). The number of nitrogens with zero attached hydrogens (tertiary/aromatic N) is 3. The van der Waals surface area contributed by atoms with Crippen LogP contribution >= 0.6 is 0 Å². The molecule has 0 saturated carbocycles. The van der Waals surface area contributed by atoms with E-state index in [-0.39, 0.29) is 5.41 Å². The standard InChI is InChI=1S/C48H33N3O/c1-48(2)40-22-12-11-20-36(40)38-28-32(24-26-41(38)48)34-18-9-10-19-35(34)33-25-27-42-39(29-33)44-37(21-13-23-43(44)52-42)47-50-45(30-14-5-3-6-15-30)49-46(51-47)31-16-7-4-8-17-31/h3-29H,1-2H3. The zero-order valence-electron chi connectivity index (χ0n) is 28.8. The molecule has 0 radical (unpaired) electrons. The highest BCUT2D eigenvalue weighted by atomic mass is 16.3. The second kappa shape index (κ2) is 11.7. The number of hydrogen-bond donors (Lipinski definition) is 0. The minimum absolute atomic E-state index is 0.0304. The van der Waals surface area contributed by atoms with Crippen LogP contribution in [0.4, 0.5) is 0 Å². The first-order valence-electron chi connectivity index (χ1n) is 17.7. The van der Waals surface area contributed by atoms with E-state index < -0.39 is 0 Å². The molecular weight excluding hydrogens is 635 g/mol. The van der Waals surface area contributed by atoms with Crippen molar-refractivity contribution in [3.05, 3.63) is 175 Å². The highest BCUT2D eigenvalue weighted by Gasteiger charge is 2.35. The first kappa shape index (κ1) is 30.2. The highest BCUT2D eigenvalue weighted by molar-refractivity contribution is 6.13. The molecule has 2 heterocycles. The predicted molar refractivity (Wildman–Crippen MR) is 212 cm³/mol. The molecule has 4 nitrogen and oxygen atoms in total. The topological polar surface area (TPSA) is 51.8 Å². The van der Waals surface area contributed by atoms with Crippen LogP contribution in [0.2, 0.25) is 0 Å². The van der Waals surface area contributed by atoms with Crippen LogP contribution < -0.4 is 0 Å². The lowest BCUT2D eigenvalue weighted by atomic mass is 9.82. The maximum atomic E-state index is 6.48. The number of furan rings is 1. The molecular formula is C48H33N3O. The predicted octanol–water partition coefficient (Wildman–Crippen LogP) is 12.4. The maximum absolute atomic E-state index is 6.48. The summed E-state index contributed by atoms with van der Waals surface area (Å²) in [6.07, 6.45) is 0. The molecule has 0 fully saturated rings. The van der Waals surface area contributed by atoms with Gasteiger partial charge in [0, 0.05) is 32.9 Å². The summed E-state index contributed by atoms with van der Waals surface area (Å²) in [6.45, 7) is 4.65. The molecule has 1 aliphatic carbocycles. The van der Waals surface area contributed by atoms with E-state index in [1.165, 1.54) is 38.9 Å². The van der Waals surface area contributed by atoms with Gasteiger partial charge in [0.05, 0.1) is 0 Å². The maximum Gasteiger partial charge on any atom is 0.164 e. The molecule has 0 spiro atoms. The SMILES string of the molecule is CC1(C)c2ccccc2-c2cc(-c3ccccc3-c3ccc4oc5cccc(-c6nc(-c7ccccc7)nc(-c7ccccc7)n6)c5c4c3)ccc21. The molecule has 52 heavy (non-hydrogen) atoms. The molecule has 7 aromatic carbocycles. The Bertz CT molecular complexity index is 2760. The zero-order chi connectivity index (χ0) is 34.8. The molecule has 0 N–H and O–H groups in total. The van der Waals surface area contributed by atoms with Gasteiger partial charge in [-0.3, -0.25) is 0 Å². The molecule has 0 atom stereocenters. The Balaban J connectivity index is 1.14. The molecule has 0 unspecified atom stereocenters. The molecule has 246 valence electrons. The van der Waals surface area contributed by atoms with Gasteiger partial charge in [-0.25, -0.2) is 15.0 Å². The van der Waals surface area contributed by atoms with Gasteiger partial charge in [0.1, 0.15) is 11.2 Å². The van der Waals surface area contributed by atoms with Gasteiger partial charge in [0.2, 0.25) is 0 Å². The summed E-state index contributed by atoms with van der Waals surface area (Å²) in [7, 11) is 0. The Morgan fingerprint density at radius 1 is 0.385 bits per heavy atom. The van der Waals surface area contributed by atoms with E-state index in [2.05, 4.69) is 105 Å². The third-order valence-corrected chi connectivity index (χ3v) is 10.6. The summed E-state index contributed by atoms with van der Waals surface area (Å²) in [4.78, 5) is 15.0. The number of fused-ring (bicyclic) bond motifs is 6. The van der Waals surface area contributed by atoms with Crippen molar-refractivity contribution in [1.82, 2.24) is 15.0 Å². The van der Waals surface area contributed by atoms with Crippen molar-refractivity contribution in [2.45, 2.75) is 19.3 Å². The molecule has 0 bridgehead atoms. The smallest absolute Gasteiger partial charge is 0.164 e. The van der Waals surface area contributed by atoms with E-state index in [1.54, 1.807) is 0 Å². The average Bonchev–Trinajstić information content (AvgIpc) is 3.69. The van der Waals surface area contributed by atoms with Crippen LogP contribution in [-0.2, 0) is 5.41 Å². The van der Waals surface area contributed by atoms with Crippen molar-refractivity contribution in [2.24, 2.45) is 0 Å². The summed E-state index contributed by atoms with van der Waals surface area (Å²) >= 11 is 0. The fourth-order valence-electron chi connectivity index (χ4n) is 7.98. The van der Waals surface area contributed by atoms with Crippen molar-refractivity contribution < 1.29 is 4.42 Å². The molecule has 0 amide bonds. The first-order chi connectivity index (χ1) is 25.5. The lowest BCUT2D eigenvalue weighted by Gasteiger charge is -2.21. The summed E-state index contributed by atoms with van der Waals surface area (Å²) in [5.41, 5.74) is 14.4.